The van der Waals surface area contributed by atoms with Crippen LogP contribution in [0.15, 0.2) is 40.7 Å². The van der Waals surface area contributed by atoms with E-state index < -0.39 is 25.9 Å². The van der Waals surface area contributed by atoms with Crippen molar-refractivity contribution in [2.75, 3.05) is 11.5 Å². The lowest BCUT2D eigenvalue weighted by Crippen LogP contribution is -2.35. The van der Waals surface area contributed by atoms with Crippen LogP contribution in [-0.2, 0) is 19.9 Å². The van der Waals surface area contributed by atoms with Crippen molar-refractivity contribution in [1.82, 2.24) is 9.71 Å². The zero-order chi connectivity index (χ0) is 15.8. The number of thiophene rings is 1. The highest BCUT2D eigenvalue weighted by molar-refractivity contribution is 7.92. The largest absolute Gasteiger partial charge is 0.255 e. The predicted molar refractivity (Wildman–Crippen MR) is 84.9 cm³/mol. The smallest absolute Gasteiger partial charge is 0.250 e. The highest BCUT2D eigenvalue weighted by Gasteiger charge is 2.32. The predicted octanol–water partition coefficient (Wildman–Crippen LogP) is 1.28. The van der Waals surface area contributed by atoms with Crippen LogP contribution in [0.5, 0.6) is 0 Å². The normalized spacial score (nSPS) is 21.0. The van der Waals surface area contributed by atoms with Crippen molar-refractivity contribution in [2.45, 2.75) is 16.7 Å². The maximum atomic E-state index is 12.3. The molecule has 0 radical (unpaired) electrons. The van der Waals surface area contributed by atoms with Crippen LogP contribution in [0.3, 0.4) is 0 Å². The first-order valence-electron chi connectivity index (χ1n) is 6.60. The monoisotopic (exact) mass is 358 g/mol. The molecule has 3 rings (SSSR count). The zero-order valence-electron chi connectivity index (χ0n) is 11.5. The lowest BCUT2D eigenvalue weighted by atomic mass is 10.3. The van der Waals surface area contributed by atoms with Crippen LogP contribution in [0.2, 0.25) is 0 Å². The van der Waals surface area contributed by atoms with E-state index in [0.29, 0.717) is 12.1 Å². The first kappa shape index (κ1) is 15.6. The second-order valence-corrected chi connectivity index (χ2v) is 10.3. The van der Waals surface area contributed by atoms with Crippen molar-refractivity contribution in [1.29, 1.82) is 0 Å². The third-order valence-corrected chi connectivity index (χ3v) is 8.21. The van der Waals surface area contributed by atoms with Crippen molar-refractivity contribution in [3.63, 3.8) is 0 Å². The van der Waals surface area contributed by atoms with Crippen LogP contribution in [0.4, 0.5) is 0 Å². The number of hydrogen-bond donors (Lipinski definition) is 1. The molecule has 1 aliphatic rings. The van der Waals surface area contributed by atoms with Gasteiger partial charge in [-0.1, -0.05) is 6.07 Å². The van der Waals surface area contributed by atoms with E-state index in [1.807, 2.05) is 6.07 Å². The fourth-order valence-corrected chi connectivity index (χ4v) is 6.63. The molecule has 0 unspecified atom stereocenters. The lowest BCUT2D eigenvalue weighted by Gasteiger charge is -2.09. The van der Waals surface area contributed by atoms with Gasteiger partial charge in [-0.05, 0) is 30.7 Å². The Bertz CT molecular complexity index is 873. The van der Waals surface area contributed by atoms with Crippen LogP contribution in [0.1, 0.15) is 6.42 Å². The number of nitrogens with one attached hydrogen (secondary N) is 1. The molecule has 2 aromatic rings. The molecule has 6 nitrogen and oxygen atoms in total. The Labute approximate surface area is 133 Å². The minimum atomic E-state index is -3.70. The van der Waals surface area contributed by atoms with Crippen LogP contribution < -0.4 is 4.72 Å². The van der Waals surface area contributed by atoms with Gasteiger partial charge in [0, 0.05) is 12.2 Å². The fourth-order valence-electron chi connectivity index (χ4n) is 2.28. The van der Waals surface area contributed by atoms with E-state index in [0.717, 1.165) is 16.2 Å². The van der Waals surface area contributed by atoms with E-state index in [2.05, 4.69) is 9.71 Å². The second kappa shape index (κ2) is 5.73. The molecule has 3 heterocycles. The molecule has 1 aliphatic heterocycles. The minimum absolute atomic E-state index is 0.0316. The van der Waals surface area contributed by atoms with E-state index in [4.69, 9.17) is 0 Å². The molecule has 2 aromatic heterocycles. The summed E-state index contributed by atoms with van der Waals surface area (Å²) in [4.78, 5) is 4.93. The van der Waals surface area contributed by atoms with E-state index in [1.54, 1.807) is 24.4 Å². The number of sulfone groups is 1. The summed E-state index contributed by atoms with van der Waals surface area (Å²) in [7, 11) is -6.83. The standard InChI is InChI=1S/C13H14N2O4S3/c16-21(17)8-6-10(9-21)15-22(18,19)13-5-4-12(20-13)11-3-1-2-7-14-11/h1-5,7,10,15H,6,8-9H2/t10-/m0/s1. The second-order valence-electron chi connectivity index (χ2n) is 5.05. The summed E-state index contributed by atoms with van der Waals surface area (Å²) < 4.78 is 50.1. The topological polar surface area (TPSA) is 93.2 Å². The van der Waals surface area contributed by atoms with Crippen molar-refractivity contribution in [2.24, 2.45) is 0 Å². The molecule has 22 heavy (non-hydrogen) atoms. The summed E-state index contributed by atoms with van der Waals surface area (Å²) in [6.45, 7) is 0. The van der Waals surface area contributed by atoms with Gasteiger partial charge in [0.2, 0.25) is 10.0 Å². The molecule has 1 N–H and O–H groups in total. The number of aromatic nitrogens is 1. The lowest BCUT2D eigenvalue weighted by molar-refractivity contribution is 0.564. The molecule has 1 fully saturated rings. The number of sulfonamides is 1. The van der Waals surface area contributed by atoms with Crippen LogP contribution in [0.25, 0.3) is 10.6 Å². The van der Waals surface area contributed by atoms with Gasteiger partial charge in [0.25, 0.3) is 0 Å². The Morgan fingerprint density at radius 3 is 2.68 bits per heavy atom. The van der Waals surface area contributed by atoms with Gasteiger partial charge in [0.15, 0.2) is 9.84 Å². The first-order valence-corrected chi connectivity index (χ1v) is 10.7. The van der Waals surface area contributed by atoms with Crippen molar-refractivity contribution >= 4 is 31.2 Å². The average molecular weight is 358 g/mol. The van der Waals surface area contributed by atoms with Crippen molar-refractivity contribution < 1.29 is 16.8 Å². The molecule has 0 saturated carbocycles. The van der Waals surface area contributed by atoms with Crippen molar-refractivity contribution in [3.05, 3.63) is 36.5 Å². The quantitative estimate of drug-likeness (QED) is 0.888. The summed E-state index contributed by atoms with van der Waals surface area (Å²) in [5.74, 6) is -0.103. The van der Waals surface area contributed by atoms with Crippen LogP contribution >= 0.6 is 11.3 Å². The van der Waals surface area contributed by atoms with E-state index in [-0.39, 0.29) is 15.7 Å². The third-order valence-electron chi connectivity index (χ3n) is 3.32. The molecular weight excluding hydrogens is 344 g/mol. The van der Waals surface area contributed by atoms with E-state index in [9.17, 15) is 16.8 Å². The Hall–Kier alpha value is -1.29. The fraction of sp³-hybridized carbons (Fsp3) is 0.308. The Balaban J connectivity index is 1.80. The van der Waals surface area contributed by atoms with Crippen LogP contribution in [0, 0.1) is 0 Å². The number of nitrogens with zero attached hydrogens (tertiary/aromatic N) is 1. The molecule has 0 aliphatic carbocycles. The highest BCUT2D eigenvalue weighted by atomic mass is 32.2. The van der Waals surface area contributed by atoms with Gasteiger partial charge in [-0.15, -0.1) is 11.3 Å². The summed E-state index contributed by atoms with van der Waals surface area (Å²) >= 11 is 1.11. The molecule has 0 bridgehead atoms. The van der Waals surface area contributed by atoms with Gasteiger partial charge in [-0.2, -0.15) is 0 Å². The maximum Gasteiger partial charge on any atom is 0.250 e. The third kappa shape index (κ3) is 3.37. The summed E-state index contributed by atoms with van der Waals surface area (Å²) in [6.07, 6.45) is 1.96. The Morgan fingerprint density at radius 2 is 2.05 bits per heavy atom. The first-order chi connectivity index (χ1) is 10.4. The molecule has 9 heteroatoms. The number of rotatable bonds is 4. The van der Waals surface area contributed by atoms with Gasteiger partial charge in [-0.25, -0.2) is 21.6 Å². The van der Waals surface area contributed by atoms with E-state index in [1.165, 1.54) is 6.07 Å². The zero-order valence-corrected chi connectivity index (χ0v) is 13.9. The molecular formula is C13H14N2O4S3. The molecule has 1 atom stereocenters. The van der Waals surface area contributed by atoms with Gasteiger partial charge >= 0.3 is 0 Å². The molecule has 118 valence electrons. The van der Waals surface area contributed by atoms with E-state index >= 15 is 0 Å². The van der Waals surface area contributed by atoms with Gasteiger partial charge in [-0.3, -0.25) is 4.98 Å². The average Bonchev–Trinajstić information content (AvgIpc) is 3.07. The van der Waals surface area contributed by atoms with Gasteiger partial charge < -0.3 is 0 Å². The van der Waals surface area contributed by atoms with Gasteiger partial charge in [0.1, 0.15) is 4.21 Å². The number of pyridine rings is 1. The maximum absolute atomic E-state index is 12.3. The molecule has 1 saturated heterocycles. The summed E-state index contributed by atoms with van der Waals surface area (Å²) in [6, 6.07) is 8.09. The SMILES string of the molecule is O=S1(=O)CC[C@H](NS(=O)(=O)c2ccc(-c3ccccn3)s2)C1. The Morgan fingerprint density at radius 1 is 1.23 bits per heavy atom. The van der Waals surface area contributed by atoms with Crippen molar-refractivity contribution in [3.8, 4) is 10.6 Å². The summed E-state index contributed by atoms with van der Waals surface area (Å²) in [5, 5.41) is 0. The van der Waals surface area contributed by atoms with Crippen LogP contribution in [-0.4, -0.2) is 39.4 Å². The molecule has 0 amide bonds. The minimum Gasteiger partial charge on any atom is -0.255 e. The van der Waals surface area contributed by atoms with Gasteiger partial charge in [0.05, 0.1) is 22.1 Å². The number of hydrogen-bond acceptors (Lipinski definition) is 6. The molecule has 0 spiro atoms. The molecule has 0 aromatic carbocycles. The Kier molecular flexibility index (Phi) is 4.06. The summed E-state index contributed by atoms with van der Waals surface area (Å²) in [5.41, 5.74) is 0.706. The highest BCUT2D eigenvalue weighted by Crippen LogP contribution is 2.29.